The Morgan fingerprint density at radius 3 is 2.39 bits per heavy atom. The normalized spacial score (nSPS) is 14.1. The lowest BCUT2D eigenvalue weighted by Gasteiger charge is -2.11. The standard InChI is InChI=1S/C25H17Br2NO5/c1-14-3-5-16(6-4-14)24(29)32-22-17(11-18(26)13-20(22)27)12-21-25(30)33-23(28-21)15-7-9-19(31-2)10-8-15/h3-13H,1-2H3/b21-12-. The van der Waals surface area contributed by atoms with Crippen molar-refractivity contribution in [3.8, 4) is 11.5 Å². The van der Waals surface area contributed by atoms with E-state index in [0.29, 0.717) is 26.9 Å². The maximum atomic E-state index is 12.7. The third-order valence-electron chi connectivity index (χ3n) is 4.77. The number of hydrogen-bond donors (Lipinski definition) is 0. The molecule has 0 unspecified atom stereocenters. The molecule has 6 nitrogen and oxygen atoms in total. The van der Waals surface area contributed by atoms with Gasteiger partial charge in [0.25, 0.3) is 0 Å². The molecule has 0 amide bonds. The summed E-state index contributed by atoms with van der Waals surface area (Å²) in [6.45, 7) is 1.94. The molecule has 3 aromatic rings. The highest BCUT2D eigenvalue weighted by molar-refractivity contribution is 9.11. The molecular weight excluding hydrogens is 554 g/mol. The molecule has 0 bridgehead atoms. The van der Waals surface area contributed by atoms with Gasteiger partial charge in [0.1, 0.15) is 5.75 Å². The van der Waals surface area contributed by atoms with E-state index in [9.17, 15) is 9.59 Å². The van der Waals surface area contributed by atoms with Gasteiger partial charge in [-0.2, -0.15) is 0 Å². The minimum absolute atomic E-state index is 0.0819. The van der Waals surface area contributed by atoms with E-state index in [2.05, 4.69) is 36.9 Å². The van der Waals surface area contributed by atoms with E-state index in [1.54, 1.807) is 55.6 Å². The number of hydrogen-bond acceptors (Lipinski definition) is 6. The maximum Gasteiger partial charge on any atom is 0.363 e. The largest absolute Gasteiger partial charge is 0.497 e. The first-order valence-electron chi connectivity index (χ1n) is 9.79. The van der Waals surface area contributed by atoms with Crippen molar-refractivity contribution in [1.29, 1.82) is 0 Å². The molecule has 0 spiro atoms. The van der Waals surface area contributed by atoms with Crippen molar-refractivity contribution in [3.63, 3.8) is 0 Å². The van der Waals surface area contributed by atoms with Crippen molar-refractivity contribution >= 4 is 55.8 Å². The monoisotopic (exact) mass is 569 g/mol. The van der Waals surface area contributed by atoms with Crippen LogP contribution in [0.1, 0.15) is 27.0 Å². The zero-order valence-corrected chi connectivity index (χ0v) is 20.8. The molecule has 0 aliphatic carbocycles. The van der Waals surface area contributed by atoms with Crippen molar-refractivity contribution < 1.29 is 23.8 Å². The first-order chi connectivity index (χ1) is 15.8. The van der Waals surface area contributed by atoms with Crippen molar-refractivity contribution in [2.24, 2.45) is 4.99 Å². The van der Waals surface area contributed by atoms with Crippen molar-refractivity contribution in [2.75, 3.05) is 7.11 Å². The van der Waals surface area contributed by atoms with E-state index in [1.165, 1.54) is 6.08 Å². The molecule has 0 radical (unpaired) electrons. The van der Waals surface area contributed by atoms with Crippen LogP contribution in [-0.4, -0.2) is 24.9 Å². The lowest BCUT2D eigenvalue weighted by atomic mass is 10.1. The second-order valence-corrected chi connectivity index (χ2v) is 8.90. The predicted molar refractivity (Wildman–Crippen MR) is 132 cm³/mol. The minimum atomic E-state index is -0.604. The van der Waals surface area contributed by atoms with Gasteiger partial charge in [0, 0.05) is 15.6 Å². The summed E-state index contributed by atoms with van der Waals surface area (Å²) in [5.74, 6) is -0.00128. The summed E-state index contributed by atoms with van der Waals surface area (Å²) in [6, 6.07) is 17.5. The highest BCUT2D eigenvalue weighted by atomic mass is 79.9. The van der Waals surface area contributed by atoms with Crippen LogP contribution >= 0.6 is 31.9 Å². The topological polar surface area (TPSA) is 74.2 Å². The number of nitrogens with zero attached hydrogens (tertiary/aromatic N) is 1. The summed E-state index contributed by atoms with van der Waals surface area (Å²) in [5.41, 5.74) is 2.64. The molecule has 0 saturated carbocycles. The van der Waals surface area contributed by atoms with E-state index in [-0.39, 0.29) is 17.3 Å². The first kappa shape index (κ1) is 22.9. The lowest BCUT2D eigenvalue weighted by Crippen LogP contribution is -2.10. The zero-order chi connectivity index (χ0) is 23.5. The zero-order valence-electron chi connectivity index (χ0n) is 17.6. The van der Waals surface area contributed by atoms with Crippen LogP contribution in [0.15, 0.2) is 80.3 Å². The number of aliphatic imine (C=N–C) groups is 1. The van der Waals surface area contributed by atoms with Gasteiger partial charge in [-0.1, -0.05) is 33.6 Å². The molecule has 0 saturated heterocycles. The first-order valence-corrected chi connectivity index (χ1v) is 11.4. The van der Waals surface area contributed by atoms with Crippen LogP contribution in [-0.2, 0) is 9.53 Å². The number of cyclic esters (lactones) is 1. The van der Waals surface area contributed by atoms with Gasteiger partial charge in [-0.25, -0.2) is 14.6 Å². The molecular formula is C25H17Br2NO5. The number of ether oxygens (including phenoxy) is 3. The van der Waals surface area contributed by atoms with Gasteiger partial charge >= 0.3 is 11.9 Å². The highest BCUT2D eigenvalue weighted by Gasteiger charge is 2.25. The fourth-order valence-corrected chi connectivity index (χ4v) is 4.39. The maximum absolute atomic E-state index is 12.7. The number of halogens is 2. The molecule has 33 heavy (non-hydrogen) atoms. The van der Waals surface area contributed by atoms with Crippen LogP contribution in [0, 0.1) is 6.92 Å². The average molecular weight is 571 g/mol. The quantitative estimate of drug-likeness (QED) is 0.211. The molecule has 166 valence electrons. The Bertz CT molecular complexity index is 1300. The summed E-state index contributed by atoms with van der Waals surface area (Å²) in [4.78, 5) is 29.5. The van der Waals surface area contributed by atoms with Crippen LogP contribution < -0.4 is 9.47 Å². The van der Waals surface area contributed by atoms with E-state index >= 15 is 0 Å². The fraction of sp³-hybridized carbons (Fsp3) is 0.0800. The third-order valence-corrected chi connectivity index (χ3v) is 5.82. The molecule has 0 aromatic heterocycles. The number of carbonyl (C=O) groups excluding carboxylic acids is 2. The molecule has 1 heterocycles. The van der Waals surface area contributed by atoms with Crippen molar-refractivity contribution in [1.82, 2.24) is 0 Å². The molecule has 4 rings (SSSR count). The van der Waals surface area contributed by atoms with Crippen molar-refractivity contribution in [2.45, 2.75) is 6.92 Å². The summed E-state index contributed by atoms with van der Waals surface area (Å²) in [6.07, 6.45) is 1.52. The number of esters is 2. The van der Waals surface area contributed by atoms with Gasteiger partial charge in [-0.15, -0.1) is 0 Å². The van der Waals surface area contributed by atoms with Crippen LogP contribution in [0.2, 0.25) is 0 Å². The number of methoxy groups -OCH3 is 1. The Morgan fingerprint density at radius 1 is 1.03 bits per heavy atom. The molecule has 1 aliphatic rings. The second-order valence-electron chi connectivity index (χ2n) is 7.13. The van der Waals surface area contributed by atoms with Gasteiger partial charge in [0.05, 0.1) is 17.1 Å². The molecule has 3 aromatic carbocycles. The van der Waals surface area contributed by atoms with E-state index < -0.39 is 11.9 Å². The summed E-state index contributed by atoms with van der Waals surface area (Å²) >= 11 is 6.87. The summed E-state index contributed by atoms with van der Waals surface area (Å²) < 4.78 is 17.4. The van der Waals surface area contributed by atoms with Crippen molar-refractivity contribution in [3.05, 3.63) is 97.6 Å². The van der Waals surface area contributed by atoms with E-state index in [4.69, 9.17) is 14.2 Å². The smallest absolute Gasteiger partial charge is 0.363 e. The lowest BCUT2D eigenvalue weighted by molar-refractivity contribution is -0.129. The number of aryl methyl sites for hydroxylation is 1. The Kier molecular flexibility index (Phi) is 6.76. The second kappa shape index (κ2) is 9.72. The molecule has 0 atom stereocenters. The highest BCUT2D eigenvalue weighted by Crippen LogP contribution is 2.36. The average Bonchev–Trinajstić information content (AvgIpc) is 3.16. The van der Waals surface area contributed by atoms with E-state index in [0.717, 1.165) is 10.0 Å². The van der Waals surface area contributed by atoms with Crippen LogP contribution in [0.5, 0.6) is 11.5 Å². The van der Waals surface area contributed by atoms with Gasteiger partial charge in [-0.3, -0.25) is 0 Å². The summed E-state index contributed by atoms with van der Waals surface area (Å²) in [5, 5.41) is 0. The molecule has 0 N–H and O–H groups in total. The summed E-state index contributed by atoms with van der Waals surface area (Å²) in [7, 11) is 1.57. The Morgan fingerprint density at radius 2 is 1.73 bits per heavy atom. The van der Waals surface area contributed by atoms with Gasteiger partial charge in [0.15, 0.2) is 11.4 Å². The number of rotatable bonds is 5. The minimum Gasteiger partial charge on any atom is -0.497 e. The Labute approximate surface area is 207 Å². The van der Waals surface area contributed by atoms with Gasteiger partial charge < -0.3 is 14.2 Å². The van der Waals surface area contributed by atoms with Gasteiger partial charge in [-0.05, 0) is 77.5 Å². The third kappa shape index (κ3) is 5.23. The predicted octanol–water partition coefficient (Wildman–Crippen LogP) is 6.09. The molecule has 8 heteroatoms. The number of carbonyl (C=O) groups is 2. The van der Waals surface area contributed by atoms with Crippen LogP contribution in [0.25, 0.3) is 6.08 Å². The van der Waals surface area contributed by atoms with Crippen LogP contribution in [0.3, 0.4) is 0 Å². The van der Waals surface area contributed by atoms with Gasteiger partial charge in [0.2, 0.25) is 5.90 Å². The number of benzene rings is 3. The molecule has 1 aliphatic heterocycles. The van der Waals surface area contributed by atoms with Crippen LogP contribution in [0.4, 0.5) is 0 Å². The SMILES string of the molecule is COc1ccc(C2=N/C(=C\c3cc(Br)cc(Br)c3OC(=O)c3ccc(C)cc3)C(=O)O2)cc1. The molecule has 0 fully saturated rings. The fourth-order valence-electron chi connectivity index (χ4n) is 3.05. The van der Waals surface area contributed by atoms with E-state index in [1.807, 2.05) is 19.1 Å². The Balaban J connectivity index is 1.68. The Hall–Kier alpha value is -3.23.